The van der Waals surface area contributed by atoms with E-state index in [1.165, 1.54) is 12.1 Å². The fourth-order valence-electron chi connectivity index (χ4n) is 3.77. The van der Waals surface area contributed by atoms with E-state index in [0.29, 0.717) is 11.1 Å². The third-order valence-electron chi connectivity index (χ3n) is 5.69. The van der Waals surface area contributed by atoms with E-state index in [1.54, 1.807) is 78.9 Å². The first kappa shape index (κ1) is 26.7. The second kappa shape index (κ2) is 11.8. The van der Waals surface area contributed by atoms with Gasteiger partial charge in [-0.2, -0.15) is 0 Å². The highest BCUT2D eigenvalue weighted by molar-refractivity contribution is 6.40. The highest BCUT2D eigenvalue weighted by atomic mass is 19.2. The van der Waals surface area contributed by atoms with E-state index in [9.17, 15) is 31.5 Å². The third-order valence-corrected chi connectivity index (χ3v) is 5.69. The first-order valence-corrected chi connectivity index (χ1v) is 11.3. The van der Waals surface area contributed by atoms with E-state index in [2.05, 4.69) is 0 Å². The van der Waals surface area contributed by atoms with Gasteiger partial charge >= 0.3 is 5.97 Å². The number of benzene rings is 4. The molecule has 0 radical (unpaired) electrons. The van der Waals surface area contributed by atoms with E-state index < -0.39 is 65.2 Å². The van der Waals surface area contributed by atoms with Crippen molar-refractivity contribution < 1.29 is 41.0 Å². The molecule has 0 fully saturated rings. The molecule has 4 rings (SSSR count). The monoisotopic (exact) mass is 526 g/mol. The Bertz CT molecular complexity index is 1400. The van der Waals surface area contributed by atoms with Crippen molar-refractivity contribution in [3.8, 4) is 0 Å². The predicted octanol–water partition coefficient (Wildman–Crippen LogP) is 6.81. The molecule has 0 spiro atoms. The molecule has 0 unspecified atom stereocenters. The van der Waals surface area contributed by atoms with Crippen LogP contribution in [0.5, 0.6) is 0 Å². The molecular formula is C29H19F5O4. The van der Waals surface area contributed by atoms with Crippen LogP contribution in [0.3, 0.4) is 0 Å². The number of carbonyl (C=O) groups is 2. The average Bonchev–Trinajstić information content (AvgIpc) is 2.97. The lowest BCUT2D eigenvalue weighted by Crippen LogP contribution is -2.26. The Morgan fingerprint density at radius 1 is 0.579 bits per heavy atom. The van der Waals surface area contributed by atoms with Crippen LogP contribution in [-0.4, -0.2) is 11.8 Å². The summed E-state index contributed by atoms with van der Waals surface area (Å²) in [4.78, 5) is 25.6. The summed E-state index contributed by atoms with van der Waals surface area (Å²) < 4.78 is 81.0. The maximum Gasteiger partial charge on any atom is 0.380 e. The number of ether oxygens (including phenoxy) is 2. The van der Waals surface area contributed by atoms with Gasteiger partial charge in [0.25, 0.3) is 5.78 Å². The van der Waals surface area contributed by atoms with Gasteiger partial charge in [0.15, 0.2) is 29.4 Å². The molecule has 0 saturated heterocycles. The van der Waals surface area contributed by atoms with E-state index in [1.807, 2.05) is 0 Å². The van der Waals surface area contributed by atoms with Crippen molar-refractivity contribution in [3.63, 3.8) is 0 Å². The zero-order valence-corrected chi connectivity index (χ0v) is 19.5. The van der Waals surface area contributed by atoms with E-state index in [-0.39, 0.29) is 5.56 Å². The molecule has 194 valence electrons. The minimum atomic E-state index is -2.29. The molecule has 0 bridgehead atoms. The van der Waals surface area contributed by atoms with Crippen LogP contribution in [0.15, 0.2) is 91.0 Å². The van der Waals surface area contributed by atoms with Crippen molar-refractivity contribution in [2.45, 2.75) is 18.8 Å². The van der Waals surface area contributed by atoms with Gasteiger partial charge < -0.3 is 9.47 Å². The number of esters is 1. The average molecular weight is 526 g/mol. The number of hydrogen-bond donors (Lipinski definition) is 0. The minimum absolute atomic E-state index is 0.0721. The summed E-state index contributed by atoms with van der Waals surface area (Å²) in [5.41, 5.74) is -0.415. The molecular weight excluding hydrogens is 507 g/mol. The van der Waals surface area contributed by atoms with Crippen molar-refractivity contribution in [2.24, 2.45) is 0 Å². The Hall–Kier alpha value is -4.37. The molecule has 0 aromatic heterocycles. The first-order chi connectivity index (χ1) is 18.3. The van der Waals surface area contributed by atoms with Crippen molar-refractivity contribution in [3.05, 3.63) is 142 Å². The summed E-state index contributed by atoms with van der Waals surface area (Å²) in [7, 11) is 0. The molecule has 2 atom stereocenters. The zero-order valence-electron chi connectivity index (χ0n) is 19.5. The molecule has 4 aromatic carbocycles. The predicted molar refractivity (Wildman–Crippen MR) is 126 cm³/mol. The van der Waals surface area contributed by atoms with Crippen LogP contribution in [-0.2, 0) is 20.9 Å². The van der Waals surface area contributed by atoms with Crippen LogP contribution in [0, 0.1) is 29.1 Å². The largest absolute Gasteiger partial charge is 0.448 e. The molecule has 0 N–H and O–H groups in total. The fourth-order valence-corrected chi connectivity index (χ4v) is 3.77. The Morgan fingerprint density at radius 3 is 1.50 bits per heavy atom. The minimum Gasteiger partial charge on any atom is -0.448 e. The third kappa shape index (κ3) is 5.63. The standard InChI is InChI=1S/C29H19F5O4/c30-21-20(22(31)24(33)25(34)23(21)32)16-37-27(18-12-6-2-7-13-18)28(19-14-8-3-9-15-19)38-29(36)26(35)17-10-4-1-5-11-17/h1-15,27-28H,16H2/t27-,28-/m1/s1. The second-order valence-electron chi connectivity index (χ2n) is 8.12. The van der Waals surface area contributed by atoms with Crippen molar-refractivity contribution >= 4 is 11.8 Å². The van der Waals surface area contributed by atoms with Gasteiger partial charge in [0.1, 0.15) is 6.10 Å². The molecule has 0 amide bonds. The van der Waals surface area contributed by atoms with Gasteiger partial charge in [-0.25, -0.2) is 26.7 Å². The van der Waals surface area contributed by atoms with Crippen LogP contribution in [0.2, 0.25) is 0 Å². The summed E-state index contributed by atoms with van der Waals surface area (Å²) in [6, 6.07) is 23.7. The molecule has 4 nitrogen and oxygen atoms in total. The highest BCUT2D eigenvalue weighted by Crippen LogP contribution is 2.37. The van der Waals surface area contributed by atoms with E-state index >= 15 is 0 Å². The SMILES string of the molecule is O=C(O[C@H](c1ccccc1)[C@H](OCc1c(F)c(F)c(F)c(F)c1F)c1ccccc1)C(=O)c1ccccc1. The summed E-state index contributed by atoms with van der Waals surface area (Å²) in [5.74, 6) is -12.8. The van der Waals surface area contributed by atoms with Gasteiger partial charge in [-0.15, -0.1) is 0 Å². The lowest BCUT2D eigenvalue weighted by atomic mass is 9.97. The maximum atomic E-state index is 14.4. The molecule has 0 aliphatic rings. The summed E-state index contributed by atoms with van der Waals surface area (Å²) in [6.07, 6.45) is -2.64. The summed E-state index contributed by atoms with van der Waals surface area (Å²) in [6.45, 7) is -1.06. The van der Waals surface area contributed by atoms with Crippen molar-refractivity contribution in [2.75, 3.05) is 0 Å². The number of carbonyl (C=O) groups excluding carboxylic acids is 2. The lowest BCUT2D eigenvalue weighted by molar-refractivity contribution is -0.154. The van der Waals surface area contributed by atoms with Crippen LogP contribution < -0.4 is 0 Å². The van der Waals surface area contributed by atoms with Crippen LogP contribution >= 0.6 is 0 Å². The summed E-state index contributed by atoms with van der Waals surface area (Å²) >= 11 is 0. The van der Waals surface area contributed by atoms with Crippen LogP contribution in [0.25, 0.3) is 0 Å². The molecule has 0 aliphatic heterocycles. The van der Waals surface area contributed by atoms with Gasteiger partial charge in [0.2, 0.25) is 5.82 Å². The molecule has 38 heavy (non-hydrogen) atoms. The summed E-state index contributed by atoms with van der Waals surface area (Å²) in [5, 5.41) is 0. The second-order valence-corrected chi connectivity index (χ2v) is 8.12. The smallest absolute Gasteiger partial charge is 0.380 e. The van der Waals surface area contributed by atoms with Crippen molar-refractivity contribution in [1.82, 2.24) is 0 Å². The van der Waals surface area contributed by atoms with Crippen LogP contribution in [0.1, 0.15) is 39.3 Å². The number of halogens is 5. The Balaban J connectivity index is 1.73. The van der Waals surface area contributed by atoms with Gasteiger partial charge in [0, 0.05) is 5.56 Å². The lowest BCUT2D eigenvalue weighted by Gasteiger charge is -2.28. The normalized spacial score (nSPS) is 12.6. The number of Topliss-reactive ketones (excluding diaryl/α,β-unsaturated/α-hetero) is 1. The molecule has 0 saturated carbocycles. The van der Waals surface area contributed by atoms with Gasteiger partial charge in [0.05, 0.1) is 12.2 Å². The maximum absolute atomic E-state index is 14.4. The van der Waals surface area contributed by atoms with Gasteiger partial charge in [-0.1, -0.05) is 91.0 Å². The van der Waals surface area contributed by atoms with Crippen molar-refractivity contribution in [1.29, 1.82) is 0 Å². The first-order valence-electron chi connectivity index (χ1n) is 11.3. The quantitative estimate of drug-likeness (QED) is 0.0601. The molecule has 0 aliphatic carbocycles. The highest BCUT2D eigenvalue weighted by Gasteiger charge is 2.33. The number of hydrogen-bond acceptors (Lipinski definition) is 4. The van der Waals surface area contributed by atoms with E-state index in [4.69, 9.17) is 9.47 Å². The van der Waals surface area contributed by atoms with Gasteiger partial charge in [-0.3, -0.25) is 4.79 Å². The molecule has 4 aromatic rings. The van der Waals surface area contributed by atoms with E-state index in [0.717, 1.165) is 0 Å². The Labute approximate surface area is 214 Å². The van der Waals surface area contributed by atoms with Crippen LogP contribution in [0.4, 0.5) is 22.0 Å². The fraction of sp³-hybridized carbons (Fsp3) is 0.103. The Morgan fingerprint density at radius 2 is 1.00 bits per heavy atom. The number of rotatable bonds is 9. The van der Waals surface area contributed by atoms with Gasteiger partial charge in [-0.05, 0) is 11.1 Å². The topological polar surface area (TPSA) is 52.6 Å². The Kier molecular flexibility index (Phi) is 8.28. The molecule has 0 heterocycles. The number of ketones is 1. The molecule has 9 heteroatoms. The zero-order chi connectivity index (χ0) is 27.2.